The topological polar surface area (TPSA) is 74.6 Å². The number of halogens is 1. The molecule has 6 nitrogen and oxygen atoms in total. The van der Waals surface area contributed by atoms with Crippen molar-refractivity contribution in [3.63, 3.8) is 0 Å². The molecular weight excluding hydrogens is 318 g/mol. The molecule has 1 rings (SSSR count). The fourth-order valence-corrected chi connectivity index (χ4v) is 2.46. The van der Waals surface area contributed by atoms with Crippen LogP contribution in [0.3, 0.4) is 0 Å². The summed E-state index contributed by atoms with van der Waals surface area (Å²) < 4.78 is 34.5. The van der Waals surface area contributed by atoms with Gasteiger partial charge in [-0.15, -0.1) is 0 Å². The molecule has 0 aliphatic carbocycles. The van der Waals surface area contributed by atoms with Gasteiger partial charge in [-0.2, -0.15) is 0 Å². The smallest absolute Gasteiger partial charge is 0.355 e. The van der Waals surface area contributed by atoms with Gasteiger partial charge in [0.05, 0.1) is 12.7 Å². The van der Waals surface area contributed by atoms with E-state index in [0.29, 0.717) is 13.2 Å². The molecule has 1 aromatic heterocycles. The van der Waals surface area contributed by atoms with Crippen molar-refractivity contribution in [2.45, 2.75) is 44.7 Å². The van der Waals surface area contributed by atoms with Gasteiger partial charge < -0.3 is 14.0 Å². The van der Waals surface area contributed by atoms with Crippen LogP contribution in [0.2, 0.25) is 0 Å². The Morgan fingerprint density at radius 3 is 2.57 bits per heavy atom. The number of aromatic nitrogens is 1. The van der Waals surface area contributed by atoms with Crippen molar-refractivity contribution in [3.8, 4) is 0 Å². The van der Waals surface area contributed by atoms with Crippen molar-refractivity contribution in [1.29, 1.82) is 0 Å². The molecule has 0 radical (unpaired) electrons. The Balaban J connectivity index is 2.80. The molecule has 0 fully saturated rings. The third-order valence-corrected chi connectivity index (χ3v) is 3.92. The summed E-state index contributed by atoms with van der Waals surface area (Å²) in [5, 5.41) is 0. The molecule has 0 spiro atoms. The first-order valence-electron chi connectivity index (χ1n) is 6.69. The van der Waals surface area contributed by atoms with E-state index in [1.807, 2.05) is 20.8 Å². The van der Waals surface area contributed by atoms with Gasteiger partial charge in [0, 0.05) is 23.4 Å². The molecule has 0 saturated heterocycles. The molecule has 0 saturated carbocycles. The lowest BCUT2D eigenvalue weighted by Crippen LogP contribution is -2.16. The minimum absolute atomic E-state index is 0.0562. The van der Waals surface area contributed by atoms with Crippen molar-refractivity contribution >= 4 is 25.7 Å². The zero-order valence-electron chi connectivity index (χ0n) is 12.3. The summed E-state index contributed by atoms with van der Waals surface area (Å²) in [5.74, 6) is -0.595. The minimum atomic E-state index is -3.87. The second-order valence-electron chi connectivity index (χ2n) is 4.75. The normalized spacial score (nSPS) is 11.9. The van der Waals surface area contributed by atoms with Crippen LogP contribution in [0.5, 0.6) is 0 Å². The highest BCUT2D eigenvalue weighted by molar-refractivity contribution is 8.13. The lowest BCUT2D eigenvalue weighted by Gasteiger charge is -2.09. The Kier molecular flexibility index (Phi) is 6.70. The lowest BCUT2D eigenvalue weighted by atomic mass is 10.4. The highest BCUT2D eigenvalue weighted by Crippen LogP contribution is 2.19. The first-order valence-corrected chi connectivity index (χ1v) is 9.00. The zero-order chi connectivity index (χ0) is 16.0. The van der Waals surface area contributed by atoms with Crippen molar-refractivity contribution in [2.24, 2.45) is 0 Å². The third-order valence-electron chi connectivity index (χ3n) is 2.59. The summed E-state index contributed by atoms with van der Waals surface area (Å²) in [5.41, 5.74) is 0.167. The highest BCUT2D eigenvalue weighted by atomic mass is 35.7. The van der Waals surface area contributed by atoms with Gasteiger partial charge in [-0.1, -0.05) is 6.92 Å². The number of ether oxygens (including phenoxy) is 2. The van der Waals surface area contributed by atoms with E-state index in [1.54, 1.807) is 0 Å². The molecule has 0 bridgehead atoms. The number of hydrogen-bond acceptors (Lipinski definition) is 5. The summed E-state index contributed by atoms with van der Waals surface area (Å²) in [6.45, 7) is 6.58. The van der Waals surface area contributed by atoms with Gasteiger partial charge in [-0.25, -0.2) is 13.2 Å². The second kappa shape index (κ2) is 7.82. The van der Waals surface area contributed by atoms with Crippen LogP contribution in [0.4, 0.5) is 0 Å². The van der Waals surface area contributed by atoms with E-state index >= 15 is 0 Å². The van der Waals surface area contributed by atoms with Crippen LogP contribution in [0.15, 0.2) is 17.2 Å². The Morgan fingerprint density at radius 2 is 2.05 bits per heavy atom. The fourth-order valence-electron chi connectivity index (χ4n) is 1.71. The maximum atomic E-state index is 12.0. The van der Waals surface area contributed by atoms with Crippen molar-refractivity contribution in [3.05, 3.63) is 18.0 Å². The van der Waals surface area contributed by atoms with E-state index < -0.39 is 15.0 Å². The van der Waals surface area contributed by atoms with E-state index in [9.17, 15) is 13.2 Å². The number of rotatable bonds is 8. The molecule has 1 heterocycles. The van der Waals surface area contributed by atoms with Crippen molar-refractivity contribution in [2.75, 3.05) is 13.2 Å². The molecular formula is C13H20ClNO5S. The van der Waals surface area contributed by atoms with Gasteiger partial charge in [0.15, 0.2) is 0 Å². The number of carbonyl (C=O) groups is 1. The zero-order valence-corrected chi connectivity index (χ0v) is 13.9. The average molecular weight is 338 g/mol. The third kappa shape index (κ3) is 5.68. The maximum Gasteiger partial charge on any atom is 0.355 e. The first-order chi connectivity index (χ1) is 9.75. The summed E-state index contributed by atoms with van der Waals surface area (Å²) in [7, 11) is 1.42. The van der Waals surface area contributed by atoms with Gasteiger partial charge in [0.1, 0.15) is 17.2 Å². The Hall–Kier alpha value is -1.05. The molecule has 8 heteroatoms. The Morgan fingerprint density at radius 1 is 1.38 bits per heavy atom. The van der Waals surface area contributed by atoms with Gasteiger partial charge >= 0.3 is 5.97 Å². The number of carbonyl (C=O) groups excluding carboxylic acids is 1. The number of aryl methyl sites for hydroxylation is 1. The van der Waals surface area contributed by atoms with Crippen LogP contribution in [0.1, 0.15) is 37.7 Å². The molecule has 120 valence electrons. The van der Waals surface area contributed by atoms with E-state index in [2.05, 4.69) is 0 Å². The summed E-state index contributed by atoms with van der Waals surface area (Å²) >= 11 is 0. The Labute approximate surface area is 129 Å². The second-order valence-corrected chi connectivity index (χ2v) is 7.31. The lowest BCUT2D eigenvalue weighted by molar-refractivity contribution is 0.0169. The van der Waals surface area contributed by atoms with Crippen LogP contribution in [-0.2, 0) is 25.1 Å². The highest BCUT2D eigenvalue weighted by Gasteiger charge is 2.20. The van der Waals surface area contributed by atoms with Gasteiger partial charge in [-0.05, 0) is 26.3 Å². The van der Waals surface area contributed by atoms with Gasteiger partial charge in [0.25, 0.3) is 9.05 Å². The summed E-state index contributed by atoms with van der Waals surface area (Å²) in [6.07, 6.45) is 2.14. The number of hydrogen-bond donors (Lipinski definition) is 0. The van der Waals surface area contributed by atoms with Crippen LogP contribution in [0.25, 0.3) is 0 Å². The van der Waals surface area contributed by atoms with E-state index in [1.165, 1.54) is 16.8 Å². The predicted octanol–water partition coefficient (Wildman–Crippen LogP) is 2.41. The maximum absolute atomic E-state index is 12.0. The van der Waals surface area contributed by atoms with Crippen molar-refractivity contribution in [1.82, 2.24) is 4.57 Å². The number of nitrogens with zero attached hydrogens (tertiary/aromatic N) is 1. The summed E-state index contributed by atoms with van der Waals surface area (Å²) in [4.78, 5) is 11.9. The molecule has 1 aromatic rings. The predicted molar refractivity (Wildman–Crippen MR) is 79.1 cm³/mol. The summed E-state index contributed by atoms with van der Waals surface area (Å²) in [6, 6.07) is 1.23. The molecule has 0 N–H and O–H groups in total. The van der Waals surface area contributed by atoms with Crippen LogP contribution in [-0.4, -0.2) is 38.3 Å². The van der Waals surface area contributed by atoms with E-state index in [4.69, 9.17) is 20.2 Å². The van der Waals surface area contributed by atoms with Crippen LogP contribution >= 0.6 is 10.7 Å². The standard InChI is InChI=1S/C13H20ClNO5S/c1-4-5-15-9-11(21(14,17)18)8-12(15)13(16)20-7-6-19-10(2)3/h8-10H,4-7H2,1-3H3. The van der Waals surface area contributed by atoms with Crippen molar-refractivity contribution < 1.29 is 22.7 Å². The molecule has 0 aromatic carbocycles. The molecule has 21 heavy (non-hydrogen) atoms. The molecule has 0 aliphatic rings. The number of esters is 1. The largest absolute Gasteiger partial charge is 0.459 e. The first kappa shape index (κ1) is 18.0. The molecule has 0 unspecified atom stereocenters. The van der Waals surface area contributed by atoms with E-state index in [0.717, 1.165) is 6.42 Å². The Bertz CT molecular complexity index is 579. The monoisotopic (exact) mass is 337 g/mol. The van der Waals surface area contributed by atoms with Crippen LogP contribution < -0.4 is 0 Å². The van der Waals surface area contributed by atoms with Gasteiger partial charge in [0.2, 0.25) is 0 Å². The molecule has 0 aliphatic heterocycles. The van der Waals surface area contributed by atoms with E-state index in [-0.39, 0.29) is 23.3 Å². The van der Waals surface area contributed by atoms with Crippen LogP contribution in [0, 0.1) is 0 Å². The SMILES string of the molecule is CCCn1cc(S(=O)(=O)Cl)cc1C(=O)OCCOC(C)C. The minimum Gasteiger partial charge on any atom is -0.459 e. The van der Waals surface area contributed by atoms with Gasteiger partial charge in [-0.3, -0.25) is 0 Å². The average Bonchev–Trinajstić information content (AvgIpc) is 2.78. The quantitative estimate of drug-likeness (QED) is 0.413. The molecule has 0 atom stereocenters. The molecule has 0 amide bonds. The fraction of sp³-hybridized carbons (Fsp3) is 0.615.